The number of amides is 1. The summed E-state index contributed by atoms with van der Waals surface area (Å²) in [7, 11) is 1.87. The van der Waals surface area contributed by atoms with Crippen molar-refractivity contribution in [3.05, 3.63) is 29.8 Å². The van der Waals surface area contributed by atoms with E-state index in [1.807, 2.05) is 11.9 Å². The molecule has 0 saturated carbocycles. The molecule has 0 aliphatic heterocycles. The number of ketones is 1. The number of benzene rings is 1. The minimum atomic E-state index is -0.770. The normalized spacial score (nSPS) is 11.5. The molecule has 1 aromatic carbocycles. The van der Waals surface area contributed by atoms with Crippen LogP contribution in [0.1, 0.15) is 37.6 Å². The molecule has 2 N–H and O–H groups in total. The highest BCUT2D eigenvalue weighted by molar-refractivity contribution is 5.95. The van der Waals surface area contributed by atoms with E-state index in [9.17, 15) is 14.7 Å². The molecule has 1 aromatic rings. The zero-order valence-electron chi connectivity index (χ0n) is 13.1. The fourth-order valence-electron chi connectivity index (χ4n) is 2.04. The molecule has 0 unspecified atom stereocenters. The lowest BCUT2D eigenvalue weighted by Crippen LogP contribution is -2.37. The molecule has 116 valence electrons. The van der Waals surface area contributed by atoms with E-state index in [-0.39, 0.29) is 11.7 Å². The Morgan fingerprint density at radius 3 is 2.29 bits per heavy atom. The van der Waals surface area contributed by atoms with Gasteiger partial charge >= 0.3 is 0 Å². The lowest BCUT2D eigenvalue weighted by molar-refractivity contribution is -0.116. The Bertz CT molecular complexity index is 489. The van der Waals surface area contributed by atoms with Gasteiger partial charge in [-0.05, 0) is 52.1 Å². The van der Waals surface area contributed by atoms with Crippen LogP contribution in [-0.2, 0) is 4.79 Å². The molecule has 0 radical (unpaired) electrons. The lowest BCUT2D eigenvalue weighted by atomic mass is 10.1. The molecule has 0 aliphatic rings. The number of rotatable bonds is 7. The Kier molecular flexibility index (Phi) is 6.05. The number of carbonyl (C=O) groups is 2. The number of aliphatic hydroxyl groups is 1. The average Bonchev–Trinajstić information content (AvgIpc) is 2.35. The Balaban J connectivity index is 2.41. The molecular formula is C16H24N2O3. The van der Waals surface area contributed by atoms with Gasteiger partial charge in [0.1, 0.15) is 0 Å². The summed E-state index contributed by atoms with van der Waals surface area (Å²) in [6, 6.07) is 6.82. The van der Waals surface area contributed by atoms with Gasteiger partial charge < -0.3 is 15.3 Å². The summed E-state index contributed by atoms with van der Waals surface area (Å²) in [6.45, 7) is 6.06. The lowest BCUT2D eigenvalue weighted by Gasteiger charge is -2.25. The Morgan fingerprint density at radius 2 is 1.81 bits per heavy atom. The van der Waals surface area contributed by atoms with Gasteiger partial charge in [-0.2, -0.15) is 0 Å². The molecule has 0 atom stereocenters. The van der Waals surface area contributed by atoms with E-state index in [0.717, 1.165) is 0 Å². The van der Waals surface area contributed by atoms with Gasteiger partial charge in [-0.25, -0.2) is 0 Å². The van der Waals surface area contributed by atoms with Gasteiger partial charge in [-0.1, -0.05) is 0 Å². The van der Waals surface area contributed by atoms with Crippen molar-refractivity contribution in [1.29, 1.82) is 0 Å². The van der Waals surface area contributed by atoms with Crippen LogP contribution in [0.15, 0.2) is 24.3 Å². The molecule has 5 nitrogen and oxygen atoms in total. The number of hydrogen-bond donors (Lipinski definition) is 2. The highest BCUT2D eigenvalue weighted by atomic mass is 16.3. The third-order valence-corrected chi connectivity index (χ3v) is 2.95. The molecule has 1 amide bonds. The maximum Gasteiger partial charge on any atom is 0.225 e. The molecule has 21 heavy (non-hydrogen) atoms. The van der Waals surface area contributed by atoms with Crippen LogP contribution in [0.2, 0.25) is 0 Å². The smallest absolute Gasteiger partial charge is 0.225 e. The van der Waals surface area contributed by atoms with Crippen molar-refractivity contribution in [1.82, 2.24) is 4.90 Å². The van der Waals surface area contributed by atoms with Gasteiger partial charge in [0.15, 0.2) is 5.78 Å². The van der Waals surface area contributed by atoms with Crippen LogP contribution in [0.3, 0.4) is 0 Å². The SMILES string of the molecule is CC(=O)c1ccc(NC(=O)CCN(C)CC(C)(C)O)cc1. The standard InChI is InChI=1S/C16H24N2O3/c1-12(19)13-5-7-14(8-6-13)17-15(20)9-10-18(4)11-16(2,3)21/h5-8,21H,9-11H2,1-4H3,(H,17,20). The Labute approximate surface area is 126 Å². The van der Waals surface area contributed by atoms with Gasteiger partial charge in [0, 0.05) is 30.8 Å². The van der Waals surface area contributed by atoms with Gasteiger partial charge in [-0.15, -0.1) is 0 Å². The fraction of sp³-hybridized carbons (Fsp3) is 0.500. The van der Waals surface area contributed by atoms with Crippen molar-refractivity contribution in [3.63, 3.8) is 0 Å². The summed E-state index contributed by atoms with van der Waals surface area (Å²) in [6.07, 6.45) is 0.348. The highest BCUT2D eigenvalue weighted by Gasteiger charge is 2.16. The summed E-state index contributed by atoms with van der Waals surface area (Å²) in [5, 5.41) is 12.5. The third kappa shape index (κ3) is 7.02. The molecular weight excluding hydrogens is 268 g/mol. The summed E-state index contributed by atoms with van der Waals surface area (Å²) in [4.78, 5) is 24.9. The van der Waals surface area contributed by atoms with Gasteiger partial charge in [0.2, 0.25) is 5.91 Å². The topological polar surface area (TPSA) is 69.6 Å². The minimum absolute atomic E-state index is 0.00104. The molecule has 1 rings (SSSR count). The van der Waals surface area contributed by atoms with Crippen LogP contribution < -0.4 is 5.32 Å². The van der Waals surface area contributed by atoms with Gasteiger partial charge in [0.25, 0.3) is 0 Å². The number of hydrogen-bond acceptors (Lipinski definition) is 4. The second-order valence-electron chi connectivity index (χ2n) is 5.98. The van der Waals surface area contributed by atoms with Crippen LogP contribution in [0.5, 0.6) is 0 Å². The zero-order valence-corrected chi connectivity index (χ0v) is 13.1. The van der Waals surface area contributed by atoms with E-state index in [1.54, 1.807) is 38.1 Å². The minimum Gasteiger partial charge on any atom is -0.389 e. The summed E-state index contributed by atoms with van der Waals surface area (Å²) < 4.78 is 0. The third-order valence-electron chi connectivity index (χ3n) is 2.95. The monoisotopic (exact) mass is 292 g/mol. The van der Waals surface area contributed by atoms with Gasteiger partial charge in [-0.3, -0.25) is 9.59 Å². The molecule has 0 aliphatic carbocycles. The maximum absolute atomic E-state index is 11.8. The van der Waals surface area contributed by atoms with E-state index >= 15 is 0 Å². The average molecular weight is 292 g/mol. The van der Waals surface area contributed by atoms with E-state index in [0.29, 0.717) is 30.8 Å². The summed E-state index contributed by atoms with van der Waals surface area (Å²) in [5.41, 5.74) is 0.529. The van der Waals surface area contributed by atoms with Crippen LogP contribution in [0.25, 0.3) is 0 Å². The van der Waals surface area contributed by atoms with E-state index in [1.165, 1.54) is 6.92 Å². The van der Waals surface area contributed by atoms with Crippen molar-refractivity contribution < 1.29 is 14.7 Å². The molecule has 0 heterocycles. The van der Waals surface area contributed by atoms with Crippen molar-refractivity contribution >= 4 is 17.4 Å². The molecule has 5 heteroatoms. The number of carbonyl (C=O) groups excluding carboxylic acids is 2. The Hall–Kier alpha value is -1.72. The van der Waals surface area contributed by atoms with Crippen LogP contribution in [0.4, 0.5) is 5.69 Å². The first-order chi connectivity index (χ1) is 9.67. The Morgan fingerprint density at radius 1 is 1.24 bits per heavy atom. The first-order valence-electron chi connectivity index (χ1n) is 6.99. The first kappa shape index (κ1) is 17.3. The molecule has 0 fully saturated rings. The predicted molar refractivity (Wildman–Crippen MR) is 83.5 cm³/mol. The van der Waals surface area contributed by atoms with Crippen molar-refractivity contribution in [3.8, 4) is 0 Å². The second-order valence-corrected chi connectivity index (χ2v) is 5.98. The van der Waals surface area contributed by atoms with E-state index < -0.39 is 5.60 Å². The van der Waals surface area contributed by atoms with Crippen molar-refractivity contribution in [2.75, 3.05) is 25.5 Å². The predicted octanol–water partition coefficient (Wildman–Crippen LogP) is 1.92. The summed E-state index contributed by atoms with van der Waals surface area (Å²) >= 11 is 0. The molecule has 0 aromatic heterocycles. The largest absolute Gasteiger partial charge is 0.389 e. The van der Waals surface area contributed by atoms with Crippen molar-refractivity contribution in [2.45, 2.75) is 32.8 Å². The number of nitrogens with zero attached hydrogens (tertiary/aromatic N) is 1. The number of likely N-dealkylation sites (N-methyl/N-ethyl adjacent to an activating group) is 1. The van der Waals surface area contributed by atoms with E-state index in [4.69, 9.17) is 0 Å². The number of Topliss-reactive ketones (excluding diaryl/α,β-unsaturated/α-hetero) is 1. The molecule has 0 bridgehead atoms. The van der Waals surface area contributed by atoms with Gasteiger partial charge in [0.05, 0.1) is 5.60 Å². The first-order valence-corrected chi connectivity index (χ1v) is 6.99. The zero-order chi connectivity index (χ0) is 16.0. The molecule has 0 spiro atoms. The van der Waals surface area contributed by atoms with Crippen LogP contribution >= 0.6 is 0 Å². The van der Waals surface area contributed by atoms with Crippen molar-refractivity contribution in [2.24, 2.45) is 0 Å². The van der Waals surface area contributed by atoms with Crippen LogP contribution in [-0.4, -0.2) is 47.4 Å². The van der Waals surface area contributed by atoms with E-state index in [2.05, 4.69) is 5.32 Å². The van der Waals surface area contributed by atoms with Crippen LogP contribution in [0, 0.1) is 0 Å². The maximum atomic E-state index is 11.8. The number of anilines is 1. The quantitative estimate of drug-likeness (QED) is 0.753. The second kappa shape index (κ2) is 7.33. The molecule has 0 saturated heterocycles. The summed E-state index contributed by atoms with van der Waals surface area (Å²) in [5.74, 6) is -0.0886. The highest BCUT2D eigenvalue weighted by Crippen LogP contribution is 2.10. The number of nitrogens with one attached hydrogen (secondary N) is 1. The fourth-order valence-corrected chi connectivity index (χ4v) is 2.04.